The molecule has 0 saturated heterocycles. The third-order valence-electron chi connectivity index (χ3n) is 5.08. The minimum atomic E-state index is -2.91. The summed E-state index contributed by atoms with van der Waals surface area (Å²) in [6.45, 7) is 1.09. The van der Waals surface area contributed by atoms with Gasteiger partial charge in [-0.05, 0) is 44.4 Å². The van der Waals surface area contributed by atoms with Gasteiger partial charge in [0.1, 0.15) is 5.82 Å². The maximum absolute atomic E-state index is 14.3. The summed E-state index contributed by atoms with van der Waals surface area (Å²) in [5.74, 6) is -5.34. The number of carboxylic acids is 2. The van der Waals surface area contributed by atoms with Gasteiger partial charge in [-0.25, -0.2) is 13.2 Å². The van der Waals surface area contributed by atoms with Gasteiger partial charge < -0.3 is 15.9 Å². The van der Waals surface area contributed by atoms with Gasteiger partial charge in [-0.3, -0.25) is 9.59 Å². The number of nitrogens with two attached hydrogens (primary N) is 1. The molecule has 3 atom stereocenters. The summed E-state index contributed by atoms with van der Waals surface area (Å²) in [7, 11) is 0. The normalized spacial score (nSPS) is 30.3. The first kappa shape index (κ1) is 18.1. The van der Waals surface area contributed by atoms with Crippen molar-refractivity contribution in [1.29, 1.82) is 0 Å². The molecular formula is C16H18F3NO4. The van der Waals surface area contributed by atoms with Crippen LogP contribution in [0.15, 0.2) is 18.2 Å². The van der Waals surface area contributed by atoms with Gasteiger partial charge in [0, 0.05) is 17.2 Å². The van der Waals surface area contributed by atoms with Crippen molar-refractivity contribution in [2.24, 2.45) is 11.3 Å². The molecule has 24 heavy (non-hydrogen) atoms. The van der Waals surface area contributed by atoms with E-state index in [-0.39, 0.29) is 24.1 Å². The largest absolute Gasteiger partial charge is 0.481 e. The van der Waals surface area contributed by atoms with Crippen LogP contribution in [0.4, 0.5) is 18.9 Å². The van der Waals surface area contributed by atoms with Crippen molar-refractivity contribution in [2.45, 2.75) is 38.0 Å². The quantitative estimate of drug-likeness (QED) is 0.729. The SMILES string of the molecule is CC1(C(=O)O)CC(C(=O)O)(c2cc(N)ccc2F)CCC1C(F)F. The molecule has 1 fully saturated rings. The van der Waals surface area contributed by atoms with E-state index in [2.05, 4.69) is 0 Å². The van der Waals surface area contributed by atoms with Crippen LogP contribution in [-0.4, -0.2) is 28.6 Å². The predicted octanol–water partition coefficient (Wildman–Crippen LogP) is 2.89. The maximum Gasteiger partial charge on any atom is 0.314 e. The molecule has 0 heterocycles. The number of hydrogen-bond acceptors (Lipinski definition) is 3. The Morgan fingerprint density at radius 1 is 1.29 bits per heavy atom. The van der Waals surface area contributed by atoms with E-state index in [4.69, 9.17) is 5.73 Å². The third-order valence-corrected chi connectivity index (χ3v) is 5.08. The molecule has 1 saturated carbocycles. The van der Waals surface area contributed by atoms with Gasteiger partial charge in [0.05, 0.1) is 10.8 Å². The van der Waals surface area contributed by atoms with Gasteiger partial charge >= 0.3 is 11.9 Å². The van der Waals surface area contributed by atoms with Gasteiger partial charge in [-0.1, -0.05) is 0 Å². The average molecular weight is 345 g/mol. The van der Waals surface area contributed by atoms with Gasteiger partial charge in [-0.2, -0.15) is 0 Å². The van der Waals surface area contributed by atoms with E-state index in [0.29, 0.717) is 0 Å². The third kappa shape index (κ3) is 2.70. The summed E-state index contributed by atoms with van der Waals surface area (Å²) in [6, 6.07) is 3.37. The topological polar surface area (TPSA) is 101 Å². The van der Waals surface area contributed by atoms with Crippen molar-refractivity contribution in [3.8, 4) is 0 Å². The lowest BCUT2D eigenvalue weighted by molar-refractivity contribution is -0.167. The van der Waals surface area contributed by atoms with Crippen LogP contribution in [0, 0.1) is 17.2 Å². The predicted molar refractivity (Wildman–Crippen MR) is 79.2 cm³/mol. The van der Waals surface area contributed by atoms with Gasteiger partial charge in [0.15, 0.2) is 0 Å². The Bertz CT molecular complexity index is 681. The molecule has 0 amide bonds. The molecule has 132 valence electrons. The fourth-order valence-corrected chi connectivity index (χ4v) is 3.64. The molecule has 8 heteroatoms. The Hall–Kier alpha value is -2.25. The molecule has 1 aromatic rings. The lowest BCUT2D eigenvalue weighted by Gasteiger charge is -2.46. The van der Waals surface area contributed by atoms with Crippen molar-refractivity contribution in [2.75, 3.05) is 5.73 Å². The second-order valence-corrected chi connectivity index (χ2v) is 6.51. The summed E-state index contributed by atoms with van der Waals surface area (Å²) in [5, 5.41) is 19.2. The number of rotatable bonds is 4. The Morgan fingerprint density at radius 3 is 2.42 bits per heavy atom. The van der Waals surface area contributed by atoms with Crippen molar-refractivity contribution in [1.82, 2.24) is 0 Å². The number of alkyl halides is 2. The highest BCUT2D eigenvalue weighted by atomic mass is 19.3. The molecule has 2 rings (SSSR count). The number of carboxylic acid groups (broad SMARTS) is 2. The zero-order valence-electron chi connectivity index (χ0n) is 12.9. The van der Waals surface area contributed by atoms with E-state index in [0.717, 1.165) is 19.1 Å². The van der Waals surface area contributed by atoms with Gasteiger partial charge in [0.25, 0.3) is 0 Å². The molecule has 4 N–H and O–H groups in total. The zero-order chi connectivity index (χ0) is 18.3. The number of anilines is 1. The van der Waals surface area contributed by atoms with Crippen LogP contribution >= 0.6 is 0 Å². The van der Waals surface area contributed by atoms with Crippen LogP contribution in [-0.2, 0) is 15.0 Å². The van der Waals surface area contributed by atoms with E-state index < -0.39 is 47.3 Å². The van der Waals surface area contributed by atoms with E-state index >= 15 is 0 Å². The van der Waals surface area contributed by atoms with Crippen molar-refractivity contribution < 1.29 is 33.0 Å². The summed E-state index contributed by atoms with van der Waals surface area (Å²) < 4.78 is 40.8. The molecule has 1 aliphatic carbocycles. The summed E-state index contributed by atoms with van der Waals surface area (Å²) in [6.07, 6.45) is -4.19. The fraction of sp³-hybridized carbons (Fsp3) is 0.500. The maximum atomic E-state index is 14.3. The lowest BCUT2D eigenvalue weighted by atomic mass is 9.55. The van der Waals surface area contributed by atoms with Crippen LogP contribution in [0.25, 0.3) is 0 Å². The highest BCUT2D eigenvalue weighted by molar-refractivity contribution is 5.85. The number of hydrogen-bond donors (Lipinski definition) is 3. The van der Waals surface area contributed by atoms with Crippen LogP contribution in [0.5, 0.6) is 0 Å². The standard InChI is InChI=1S/C16H18F3NO4/c1-15(13(21)22)7-16(14(23)24,5-4-9(15)12(18)19)10-6-8(20)2-3-11(10)17/h2-3,6,9,12H,4-5,7,20H2,1H3,(H,21,22)(H,23,24). The molecule has 0 radical (unpaired) electrons. The van der Waals surface area contributed by atoms with E-state index in [1.807, 2.05) is 0 Å². The minimum Gasteiger partial charge on any atom is -0.481 e. The van der Waals surface area contributed by atoms with Crippen molar-refractivity contribution in [3.05, 3.63) is 29.6 Å². The van der Waals surface area contributed by atoms with E-state index in [1.54, 1.807) is 0 Å². The summed E-state index contributed by atoms with van der Waals surface area (Å²) in [5.41, 5.74) is 1.53. The molecule has 0 aliphatic heterocycles. The molecule has 5 nitrogen and oxygen atoms in total. The Kier molecular flexibility index (Phi) is 4.52. The number of nitrogen functional groups attached to an aromatic ring is 1. The van der Waals surface area contributed by atoms with Crippen molar-refractivity contribution in [3.63, 3.8) is 0 Å². The van der Waals surface area contributed by atoms with Crippen molar-refractivity contribution >= 4 is 17.6 Å². The number of benzene rings is 1. The van der Waals surface area contributed by atoms with Gasteiger partial charge in [0.2, 0.25) is 6.43 Å². The van der Waals surface area contributed by atoms with Crippen LogP contribution in [0.3, 0.4) is 0 Å². The molecule has 0 aromatic heterocycles. The van der Waals surface area contributed by atoms with E-state index in [9.17, 15) is 33.0 Å². The Balaban J connectivity index is 2.62. The summed E-state index contributed by atoms with van der Waals surface area (Å²) in [4.78, 5) is 23.6. The van der Waals surface area contributed by atoms with Crippen LogP contribution in [0.1, 0.15) is 31.7 Å². The number of aliphatic carboxylic acids is 2. The second kappa shape index (κ2) is 5.99. The second-order valence-electron chi connectivity index (χ2n) is 6.51. The summed E-state index contributed by atoms with van der Waals surface area (Å²) >= 11 is 0. The highest BCUT2D eigenvalue weighted by Gasteiger charge is 2.59. The zero-order valence-corrected chi connectivity index (χ0v) is 12.9. The first-order valence-electron chi connectivity index (χ1n) is 7.35. The Morgan fingerprint density at radius 2 is 1.92 bits per heavy atom. The van der Waals surface area contributed by atoms with E-state index in [1.165, 1.54) is 6.07 Å². The average Bonchev–Trinajstić information content (AvgIpc) is 2.48. The first-order valence-corrected chi connectivity index (χ1v) is 7.35. The van der Waals surface area contributed by atoms with Gasteiger partial charge in [-0.15, -0.1) is 0 Å². The molecule has 0 spiro atoms. The Labute approximate surface area is 136 Å². The molecule has 1 aromatic carbocycles. The number of carbonyl (C=O) groups is 2. The molecule has 3 unspecified atom stereocenters. The molecular weight excluding hydrogens is 327 g/mol. The fourth-order valence-electron chi connectivity index (χ4n) is 3.64. The highest BCUT2D eigenvalue weighted by Crippen LogP contribution is 2.53. The monoisotopic (exact) mass is 345 g/mol. The number of halogens is 3. The molecule has 1 aliphatic rings. The first-order chi connectivity index (χ1) is 11.0. The minimum absolute atomic E-state index is 0.111. The lowest BCUT2D eigenvalue weighted by Crippen LogP contribution is -2.53. The van der Waals surface area contributed by atoms with Crippen LogP contribution < -0.4 is 5.73 Å². The molecule has 0 bridgehead atoms. The van der Waals surface area contributed by atoms with Crippen LogP contribution in [0.2, 0.25) is 0 Å². The smallest absolute Gasteiger partial charge is 0.314 e.